The highest BCUT2D eigenvalue weighted by molar-refractivity contribution is 7.19. The molecule has 0 bridgehead atoms. The van der Waals surface area contributed by atoms with Crippen LogP contribution in [0.3, 0.4) is 0 Å². The van der Waals surface area contributed by atoms with E-state index < -0.39 is 6.29 Å². The fourth-order valence-electron chi connectivity index (χ4n) is 1.67. The SMILES string of the molecule is CCOC(O)c1sc2nnc(C)c(C)c2c1N. The van der Waals surface area contributed by atoms with Crippen molar-refractivity contribution in [3.05, 3.63) is 16.1 Å². The van der Waals surface area contributed by atoms with Crippen LogP contribution in [0.4, 0.5) is 5.69 Å². The molecule has 0 aromatic carbocycles. The number of aliphatic hydroxyl groups excluding tert-OH is 1. The van der Waals surface area contributed by atoms with Gasteiger partial charge < -0.3 is 15.6 Å². The van der Waals surface area contributed by atoms with E-state index in [2.05, 4.69) is 10.2 Å². The zero-order valence-corrected chi connectivity index (χ0v) is 10.8. The Morgan fingerprint density at radius 1 is 1.41 bits per heavy atom. The number of hydrogen-bond acceptors (Lipinski definition) is 6. The third-order valence-corrected chi connectivity index (χ3v) is 3.83. The van der Waals surface area contributed by atoms with Gasteiger partial charge in [-0.05, 0) is 26.3 Å². The normalized spacial score (nSPS) is 13.2. The summed E-state index contributed by atoms with van der Waals surface area (Å²) in [4.78, 5) is 1.34. The minimum absolute atomic E-state index is 0.429. The molecule has 17 heavy (non-hydrogen) atoms. The fraction of sp³-hybridized carbons (Fsp3) is 0.455. The number of nitrogens with zero attached hydrogens (tertiary/aromatic N) is 2. The van der Waals surface area contributed by atoms with Crippen LogP contribution < -0.4 is 5.73 Å². The topological polar surface area (TPSA) is 81.3 Å². The average molecular weight is 253 g/mol. The molecule has 0 aliphatic rings. The van der Waals surface area contributed by atoms with Gasteiger partial charge in [0.25, 0.3) is 0 Å². The molecule has 92 valence electrons. The zero-order chi connectivity index (χ0) is 12.6. The number of anilines is 1. The predicted octanol–water partition coefficient (Wildman–Crippen LogP) is 1.92. The lowest BCUT2D eigenvalue weighted by atomic mass is 10.1. The molecule has 0 saturated heterocycles. The van der Waals surface area contributed by atoms with E-state index >= 15 is 0 Å². The molecule has 3 N–H and O–H groups in total. The highest BCUT2D eigenvalue weighted by atomic mass is 32.1. The minimum Gasteiger partial charge on any atom is -0.397 e. The van der Waals surface area contributed by atoms with Gasteiger partial charge in [-0.2, -0.15) is 5.10 Å². The lowest BCUT2D eigenvalue weighted by molar-refractivity contribution is -0.0950. The van der Waals surface area contributed by atoms with Gasteiger partial charge in [0.1, 0.15) is 4.83 Å². The summed E-state index contributed by atoms with van der Waals surface area (Å²) < 4.78 is 5.15. The standard InChI is InChI=1S/C11H15N3O2S/c1-4-16-11(15)9-8(12)7-5(2)6(3)13-14-10(7)17-9/h11,15H,4,12H2,1-3H3. The summed E-state index contributed by atoms with van der Waals surface area (Å²) in [5.41, 5.74) is 8.43. The number of aryl methyl sites for hydroxylation is 2. The molecule has 0 fully saturated rings. The van der Waals surface area contributed by atoms with E-state index in [1.54, 1.807) is 0 Å². The molecule has 2 heterocycles. The molecular formula is C11H15N3O2S. The van der Waals surface area contributed by atoms with Crippen LogP contribution in [0.2, 0.25) is 0 Å². The molecule has 1 unspecified atom stereocenters. The number of aromatic nitrogens is 2. The van der Waals surface area contributed by atoms with E-state index in [0.717, 1.165) is 21.5 Å². The van der Waals surface area contributed by atoms with Crippen LogP contribution >= 0.6 is 11.3 Å². The Morgan fingerprint density at radius 3 is 2.76 bits per heavy atom. The first-order valence-corrected chi connectivity index (χ1v) is 6.19. The molecule has 5 nitrogen and oxygen atoms in total. The highest BCUT2D eigenvalue weighted by Gasteiger charge is 2.20. The van der Waals surface area contributed by atoms with Crippen LogP contribution in [0.15, 0.2) is 0 Å². The van der Waals surface area contributed by atoms with Crippen LogP contribution in [0.25, 0.3) is 10.2 Å². The Labute approximate surface area is 103 Å². The smallest absolute Gasteiger partial charge is 0.192 e. The van der Waals surface area contributed by atoms with Crippen molar-refractivity contribution >= 4 is 27.2 Å². The first kappa shape index (κ1) is 12.2. The van der Waals surface area contributed by atoms with Gasteiger partial charge in [0.15, 0.2) is 6.29 Å². The van der Waals surface area contributed by atoms with Crippen molar-refractivity contribution in [2.75, 3.05) is 12.3 Å². The second-order valence-corrected chi connectivity index (χ2v) is 4.81. The van der Waals surface area contributed by atoms with Gasteiger partial charge in [-0.25, -0.2) is 0 Å². The maximum absolute atomic E-state index is 9.82. The molecule has 2 aromatic rings. The molecule has 0 aliphatic carbocycles. The summed E-state index contributed by atoms with van der Waals surface area (Å²) in [6.45, 7) is 6.09. The van der Waals surface area contributed by atoms with E-state index in [1.807, 2.05) is 20.8 Å². The van der Waals surface area contributed by atoms with Gasteiger partial charge >= 0.3 is 0 Å². The van der Waals surface area contributed by atoms with Gasteiger partial charge in [-0.15, -0.1) is 16.4 Å². The lowest BCUT2D eigenvalue weighted by Crippen LogP contribution is -2.03. The zero-order valence-electron chi connectivity index (χ0n) is 10.0. The largest absolute Gasteiger partial charge is 0.397 e. The second kappa shape index (κ2) is 4.56. The third-order valence-electron chi connectivity index (χ3n) is 2.71. The first-order valence-electron chi connectivity index (χ1n) is 5.37. The predicted molar refractivity (Wildman–Crippen MR) is 67.9 cm³/mol. The monoisotopic (exact) mass is 253 g/mol. The van der Waals surface area contributed by atoms with Crippen molar-refractivity contribution in [3.8, 4) is 0 Å². The Balaban J connectivity index is 2.61. The molecule has 0 spiro atoms. The summed E-state index contributed by atoms with van der Waals surface area (Å²) >= 11 is 1.32. The van der Waals surface area contributed by atoms with Crippen molar-refractivity contribution in [2.24, 2.45) is 0 Å². The number of hydrogen-bond donors (Lipinski definition) is 2. The number of fused-ring (bicyclic) bond motifs is 1. The molecule has 2 rings (SSSR count). The third kappa shape index (κ3) is 1.99. The Hall–Kier alpha value is -1.24. The number of rotatable bonds is 3. The quantitative estimate of drug-likeness (QED) is 0.817. The van der Waals surface area contributed by atoms with Crippen molar-refractivity contribution < 1.29 is 9.84 Å². The van der Waals surface area contributed by atoms with Gasteiger partial charge in [0.2, 0.25) is 0 Å². The molecule has 2 aromatic heterocycles. The van der Waals surface area contributed by atoms with Gasteiger partial charge in [0.05, 0.1) is 16.3 Å². The summed E-state index contributed by atoms with van der Waals surface area (Å²) in [6.07, 6.45) is -0.987. The second-order valence-electron chi connectivity index (χ2n) is 3.78. The fourth-order valence-corrected chi connectivity index (χ4v) is 2.71. The number of ether oxygens (including phenoxy) is 1. The summed E-state index contributed by atoms with van der Waals surface area (Å²) in [7, 11) is 0. The van der Waals surface area contributed by atoms with Crippen LogP contribution in [0.1, 0.15) is 29.3 Å². The molecule has 1 atom stereocenters. The summed E-state index contributed by atoms with van der Waals surface area (Å²) in [5, 5.41) is 18.8. The van der Waals surface area contributed by atoms with Crippen molar-refractivity contribution in [1.29, 1.82) is 0 Å². The van der Waals surface area contributed by atoms with Crippen LogP contribution in [0, 0.1) is 13.8 Å². The lowest BCUT2D eigenvalue weighted by Gasteiger charge is -2.08. The highest BCUT2D eigenvalue weighted by Crippen LogP contribution is 2.38. The molecule has 0 radical (unpaired) electrons. The summed E-state index contributed by atoms with van der Waals surface area (Å²) in [5.74, 6) is 0. The van der Waals surface area contributed by atoms with Crippen molar-refractivity contribution in [2.45, 2.75) is 27.1 Å². The van der Waals surface area contributed by atoms with Crippen LogP contribution in [-0.4, -0.2) is 21.9 Å². The molecular weight excluding hydrogens is 238 g/mol. The Kier molecular flexibility index (Phi) is 3.28. The van der Waals surface area contributed by atoms with Gasteiger partial charge in [-0.1, -0.05) is 0 Å². The Morgan fingerprint density at radius 2 is 2.12 bits per heavy atom. The number of thiophene rings is 1. The summed E-state index contributed by atoms with van der Waals surface area (Å²) in [6, 6.07) is 0. The van der Waals surface area contributed by atoms with E-state index in [1.165, 1.54) is 11.3 Å². The van der Waals surface area contributed by atoms with E-state index in [9.17, 15) is 5.11 Å². The van der Waals surface area contributed by atoms with E-state index in [4.69, 9.17) is 10.5 Å². The first-order chi connectivity index (χ1) is 8.06. The van der Waals surface area contributed by atoms with E-state index in [0.29, 0.717) is 17.2 Å². The van der Waals surface area contributed by atoms with E-state index in [-0.39, 0.29) is 0 Å². The average Bonchev–Trinajstić information content (AvgIpc) is 2.62. The van der Waals surface area contributed by atoms with Gasteiger partial charge in [-0.3, -0.25) is 0 Å². The molecule has 6 heteroatoms. The van der Waals surface area contributed by atoms with Crippen molar-refractivity contribution in [3.63, 3.8) is 0 Å². The maximum Gasteiger partial charge on any atom is 0.192 e. The Bertz CT molecular complexity index is 553. The minimum atomic E-state index is -0.987. The van der Waals surface area contributed by atoms with Gasteiger partial charge in [0, 0.05) is 12.0 Å². The number of nitrogen functional groups attached to an aromatic ring is 1. The molecule has 0 amide bonds. The molecule has 0 aliphatic heterocycles. The van der Waals surface area contributed by atoms with Crippen molar-refractivity contribution in [1.82, 2.24) is 10.2 Å². The number of aliphatic hydroxyl groups is 1. The van der Waals surface area contributed by atoms with Crippen LogP contribution in [-0.2, 0) is 4.74 Å². The molecule has 0 saturated carbocycles. The number of nitrogens with two attached hydrogens (primary N) is 1. The maximum atomic E-state index is 9.82. The van der Waals surface area contributed by atoms with Crippen LogP contribution in [0.5, 0.6) is 0 Å².